The van der Waals surface area contributed by atoms with Crippen LogP contribution in [0.3, 0.4) is 0 Å². The number of guanidine groups is 1. The predicted molar refractivity (Wildman–Crippen MR) is 110 cm³/mol. The number of pyridine rings is 1. The molecule has 0 atom stereocenters. The van der Waals surface area contributed by atoms with Crippen molar-refractivity contribution in [1.82, 2.24) is 10.3 Å². The summed E-state index contributed by atoms with van der Waals surface area (Å²) in [6.45, 7) is 3.17. The average molecular weight is 364 g/mol. The molecule has 6 nitrogen and oxygen atoms in total. The van der Waals surface area contributed by atoms with Crippen molar-refractivity contribution in [2.75, 3.05) is 26.1 Å². The second kappa shape index (κ2) is 8.89. The van der Waals surface area contributed by atoms with Crippen LogP contribution in [0.2, 0.25) is 0 Å². The number of nitrogens with zero attached hydrogens (tertiary/aromatic N) is 2. The SMILES string of the molecule is CCOc1ccc(NC(=NC)NCc2ccnc3ccccc23)cc1OC. The second-order valence-corrected chi connectivity index (χ2v) is 5.84. The highest BCUT2D eigenvalue weighted by atomic mass is 16.5. The molecule has 27 heavy (non-hydrogen) atoms. The third-order valence-electron chi connectivity index (χ3n) is 4.14. The van der Waals surface area contributed by atoms with Crippen LogP contribution in [0, 0.1) is 0 Å². The number of hydrogen-bond donors (Lipinski definition) is 2. The van der Waals surface area contributed by atoms with E-state index >= 15 is 0 Å². The summed E-state index contributed by atoms with van der Waals surface area (Å²) in [5.41, 5.74) is 3.01. The molecule has 3 aromatic rings. The second-order valence-electron chi connectivity index (χ2n) is 5.84. The highest BCUT2D eigenvalue weighted by Crippen LogP contribution is 2.30. The minimum Gasteiger partial charge on any atom is -0.493 e. The summed E-state index contributed by atoms with van der Waals surface area (Å²) in [4.78, 5) is 8.70. The lowest BCUT2D eigenvalue weighted by atomic mass is 10.1. The quantitative estimate of drug-likeness (QED) is 0.514. The topological polar surface area (TPSA) is 67.8 Å². The Bertz CT molecular complexity index is 935. The van der Waals surface area contributed by atoms with Gasteiger partial charge in [-0.3, -0.25) is 9.98 Å². The van der Waals surface area contributed by atoms with Crippen LogP contribution in [0.15, 0.2) is 59.7 Å². The van der Waals surface area contributed by atoms with Gasteiger partial charge in [0.1, 0.15) is 0 Å². The molecule has 0 unspecified atom stereocenters. The number of rotatable bonds is 6. The van der Waals surface area contributed by atoms with Crippen LogP contribution in [-0.2, 0) is 6.54 Å². The number of nitrogens with one attached hydrogen (secondary N) is 2. The molecule has 2 N–H and O–H groups in total. The molecule has 0 aliphatic carbocycles. The van der Waals surface area contributed by atoms with Gasteiger partial charge in [0.2, 0.25) is 0 Å². The van der Waals surface area contributed by atoms with Crippen molar-refractivity contribution < 1.29 is 9.47 Å². The summed E-state index contributed by atoms with van der Waals surface area (Å²) in [5, 5.41) is 7.75. The molecule has 0 radical (unpaired) electrons. The van der Waals surface area contributed by atoms with E-state index in [-0.39, 0.29) is 0 Å². The van der Waals surface area contributed by atoms with E-state index < -0.39 is 0 Å². The zero-order valence-electron chi connectivity index (χ0n) is 15.8. The number of aliphatic imine (C=N–C) groups is 1. The van der Waals surface area contributed by atoms with Gasteiger partial charge < -0.3 is 20.1 Å². The van der Waals surface area contributed by atoms with Crippen molar-refractivity contribution >= 4 is 22.5 Å². The van der Waals surface area contributed by atoms with Gasteiger partial charge in [-0.25, -0.2) is 0 Å². The standard InChI is InChI=1S/C21H24N4O2/c1-4-27-19-10-9-16(13-20(19)26-3)25-21(22-2)24-14-15-11-12-23-18-8-6-5-7-17(15)18/h5-13H,4,14H2,1-3H3,(H2,22,24,25). The third kappa shape index (κ3) is 4.47. The summed E-state index contributed by atoms with van der Waals surface area (Å²) < 4.78 is 11.0. The van der Waals surface area contributed by atoms with Crippen LogP contribution in [0.4, 0.5) is 5.69 Å². The van der Waals surface area contributed by atoms with Gasteiger partial charge in [0.15, 0.2) is 17.5 Å². The van der Waals surface area contributed by atoms with Gasteiger partial charge in [0, 0.05) is 36.9 Å². The molecule has 6 heteroatoms. The Balaban J connectivity index is 1.71. The Morgan fingerprint density at radius 1 is 1.11 bits per heavy atom. The molecule has 0 aliphatic heterocycles. The van der Waals surface area contributed by atoms with Crippen molar-refractivity contribution in [2.24, 2.45) is 4.99 Å². The first kappa shape index (κ1) is 18.5. The van der Waals surface area contributed by atoms with Crippen LogP contribution < -0.4 is 20.1 Å². The van der Waals surface area contributed by atoms with Crippen molar-refractivity contribution in [3.05, 3.63) is 60.3 Å². The molecule has 3 rings (SSSR count). The van der Waals surface area contributed by atoms with Crippen molar-refractivity contribution in [3.63, 3.8) is 0 Å². The maximum absolute atomic E-state index is 5.56. The van der Waals surface area contributed by atoms with E-state index in [2.05, 4.69) is 26.7 Å². The molecule has 0 saturated carbocycles. The zero-order chi connectivity index (χ0) is 19.1. The average Bonchev–Trinajstić information content (AvgIpc) is 2.72. The lowest BCUT2D eigenvalue weighted by molar-refractivity contribution is 0.311. The van der Waals surface area contributed by atoms with Crippen LogP contribution in [0.25, 0.3) is 10.9 Å². The number of para-hydroxylation sites is 1. The van der Waals surface area contributed by atoms with E-state index in [0.717, 1.165) is 27.9 Å². The van der Waals surface area contributed by atoms with Crippen molar-refractivity contribution in [3.8, 4) is 11.5 Å². The maximum Gasteiger partial charge on any atom is 0.195 e. The van der Waals surface area contributed by atoms with Crippen LogP contribution >= 0.6 is 0 Å². The minimum atomic E-state index is 0.590. The molecule has 1 aromatic heterocycles. The maximum atomic E-state index is 5.56. The molecule has 0 fully saturated rings. The fourth-order valence-corrected chi connectivity index (χ4v) is 2.82. The number of anilines is 1. The van der Waals surface area contributed by atoms with Gasteiger partial charge in [-0.15, -0.1) is 0 Å². The number of fused-ring (bicyclic) bond motifs is 1. The largest absolute Gasteiger partial charge is 0.493 e. The Morgan fingerprint density at radius 3 is 2.74 bits per heavy atom. The van der Waals surface area contributed by atoms with Crippen molar-refractivity contribution in [2.45, 2.75) is 13.5 Å². The lowest BCUT2D eigenvalue weighted by Gasteiger charge is -2.15. The molecular weight excluding hydrogens is 340 g/mol. The number of hydrogen-bond acceptors (Lipinski definition) is 4. The Labute approximate surface area is 159 Å². The summed E-state index contributed by atoms with van der Waals surface area (Å²) in [5.74, 6) is 2.07. The molecule has 0 aliphatic rings. The smallest absolute Gasteiger partial charge is 0.195 e. The highest BCUT2D eigenvalue weighted by Gasteiger charge is 2.08. The van der Waals surface area contributed by atoms with Gasteiger partial charge in [0.25, 0.3) is 0 Å². The minimum absolute atomic E-state index is 0.590. The van der Waals surface area contributed by atoms with Gasteiger partial charge >= 0.3 is 0 Å². The first-order valence-corrected chi connectivity index (χ1v) is 8.86. The molecule has 1 heterocycles. The van der Waals surface area contributed by atoms with E-state index in [1.54, 1.807) is 14.2 Å². The normalized spacial score (nSPS) is 11.3. The van der Waals surface area contributed by atoms with Crippen molar-refractivity contribution in [1.29, 1.82) is 0 Å². The Morgan fingerprint density at radius 2 is 1.96 bits per heavy atom. The predicted octanol–water partition coefficient (Wildman–Crippen LogP) is 3.83. The molecule has 2 aromatic carbocycles. The van der Waals surface area contributed by atoms with Crippen LogP contribution in [-0.4, -0.2) is 31.7 Å². The first-order valence-electron chi connectivity index (χ1n) is 8.86. The fraction of sp³-hybridized carbons (Fsp3) is 0.238. The molecule has 0 bridgehead atoms. The Hall–Kier alpha value is -3.28. The first-order chi connectivity index (χ1) is 13.2. The van der Waals surface area contributed by atoms with Crippen LogP contribution in [0.5, 0.6) is 11.5 Å². The molecule has 0 amide bonds. The van der Waals surface area contributed by atoms with Gasteiger partial charge in [-0.2, -0.15) is 0 Å². The van der Waals surface area contributed by atoms with E-state index in [9.17, 15) is 0 Å². The molecular formula is C21H24N4O2. The molecule has 0 spiro atoms. The monoisotopic (exact) mass is 364 g/mol. The highest BCUT2D eigenvalue weighted by molar-refractivity contribution is 5.94. The summed E-state index contributed by atoms with van der Waals surface area (Å²) in [6.07, 6.45) is 1.83. The molecule has 0 saturated heterocycles. The van der Waals surface area contributed by atoms with E-state index in [0.29, 0.717) is 24.9 Å². The van der Waals surface area contributed by atoms with Crippen LogP contribution in [0.1, 0.15) is 12.5 Å². The molecule has 140 valence electrons. The lowest BCUT2D eigenvalue weighted by Crippen LogP contribution is -2.30. The number of benzene rings is 2. The third-order valence-corrected chi connectivity index (χ3v) is 4.14. The number of ether oxygens (including phenoxy) is 2. The Kier molecular flexibility index (Phi) is 6.10. The van der Waals surface area contributed by atoms with Gasteiger partial charge in [-0.1, -0.05) is 18.2 Å². The fourth-order valence-electron chi connectivity index (χ4n) is 2.82. The van der Waals surface area contributed by atoms with E-state index in [1.807, 2.05) is 55.6 Å². The van der Waals surface area contributed by atoms with E-state index in [1.165, 1.54) is 0 Å². The summed E-state index contributed by atoms with van der Waals surface area (Å²) in [6, 6.07) is 15.8. The van der Waals surface area contributed by atoms with E-state index in [4.69, 9.17) is 9.47 Å². The number of aromatic nitrogens is 1. The summed E-state index contributed by atoms with van der Waals surface area (Å²) in [7, 11) is 3.37. The van der Waals surface area contributed by atoms with Gasteiger partial charge in [-0.05, 0) is 36.8 Å². The van der Waals surface area contributed by atoms with Gasteiger partial charge in [0.05, 0.1) is 19.2 Å². The zero-order valence-corrected chi connectivity index (χ0v) is 15.8. The summed E-state index contributed by atoms with van der Waals surface area (Å²) >= 11 is 0. The number of methoxy groups -OCH3 is 1.